The molecule has 55 heavy (non-hydrogen) atoms. The smallest absolute Gasteiger partial charge is 0.160 e. The Balaban J connectivity index is 1.00. The minimum atomic E-state index is -0.138. The fourth-order valence-electron chi connectivity index (χ4n) is 9.14. The van der Waals surface area contributed by atoms with Crippen molar-refractivity contribution in [3.05, 3.63) is 193 Å². The number of hydrogen-bond acceptors (Lipinski definition) is 2. The average molecular weight is 701 g/mol. The van der Waals surface area contributed by atoms with Gasteiger partial charge in [-0.3, -0.25) is 0 Å². The maximum atomic E-state index is 5.11. The molecule has 11 rings (SSSR count). The van der Waals surface area contributed by atoms with E-state index < -0.39 is 0 Å². The summed E-state index contributed by atoms with van der Waals surface area (Å²) in [5.74, 6) is 0.721. The molecule has 0 saturated heterocycles. The summed E-state index contributed by atoms with van der Waals surface area (Å²) in [4.78, 5) is 10.2. The zero-order valence-electron chi connectivity index (χ0n) is 30.7. The molecule has 1 heterocycles. The summed E-state index contributed by atoms with van der Waals surface area (Å²) in [5, 5.41) is 10.2. The molecule has 0 spiro atoms. The summed E-state index contributed by atoms with van der Waals surface area (Å²) >= 11 is 0. The molecule has 2 nitrogen and oxygen atoms in total. The molecule has 0 saturated carbocycles. The Morgan fingerprint density at radius 3 is 1.78 bits per heavy atom. The van der Waals surface area contributed by atoms with Gasteiger partial charge in [0.15, 0.2) is 5.82 Å². The van der Waals surface area contributed by atoms with E-state index in [0.29, 0.717) is 0 Å². The summed E-state index contributed by atoms with van der Waals surface area (Å²) in [6, 6.07) is 65.8. The third-order valence-electron chi connectivity index (χ3n) is 11.8. The Morgan fingerprint density at radius 2 is 0.982 bits per heavy atom. The van der Waals surface area contributed by atoms with Gasteiger partial charge in [0.25, 0.3) is 0 Å². The van der Waals surface area contributed by atoms with Crippen LogP contribution in [0.4, 0.5) is 0 Å². The molecule has 10 aromatic rings. The molecular formula is C53H36N2. The monoisotopic (exact) mass is 700 g/mol. The third kappa shape index (κ3) is 4.95. The molecule has 0 fully saturated rings. The Kier molecular flexibility index (Phi) is 6.93. The van der Waals surface area contributed by atoms with Gasteiger partial charge in [0.2, 0.25) is 0 Å². The molecule has 0 amide bonds. The van der Waals surface area contributed by atoms with Crippen LogP contribution in [0.3, 0.4) is 0 Å². The van der Waals surface area contributed by atoms with Crippen LogP contribution in [0.25, 0.3) is 99.2 Å². The molecular weight excluding hydrogens is 665 g/mol. The molecule has 0 unspecified atom stereocenters. The van der Waals surface area contributed by atoms with Gasteiger partial charge in [-0.1, -0.05) is 172 Å². The summed E-state index contributed by atoms with van der Waals surface area (Å²) in [7, 11) is 0. The average Bonchev–Trinajstić information content (AvgIpc) is 3.48. The van der Waals surface area contributed by atoms with Gasteiger partial charge in [-0.25, -0.2) is 9.97 Å². The predicted octanol–water partition coefficient (Wildman–Crippen LogP) is 14.1. The Bertz CT molecular complexity index is 3150. The van der Waals surface area contributed by atoms with Crippen LogP contribution >= 0.6 is 0 Å². The first-order valence-electron chi connectivity index (χ1n) is 19.1. The Morgan fingerprint density at radius 1 is 0.364 bits per heavy atom. The van der Waals surface area contributed by atoms with E-state index in [1.54, 1.807) is 0 Å². The lowest BCUT2D eigenvalue weighted by Crippen LogP contribution is -2.15. The topological polar surface area (TPSA) is 25.8 Å². The van der Waals surface area contributed by atoms with Gasteiger partial charge in [-0.15, -0.1) is 0 Å². The van der Waals surface area contributed by atoms with Crippen LogP contribution in [-0.4, -0.2) is 9.97 Å². The highest BCUT2D eigenvalue weighted by atomic mass is 14.9. The van der Waals surface area contributed by atoms with Crippen molar-refractivity contribution in [2.24, 2.45) is 0 Å². The standard InChI is InChI=1S/C53H36N2/c1-53(2)47-31-39-29-37(27-28-38(39)30-46(47)50-44-20-10-8-18-41(44)42-19-9-11-21-45(42)51(50)53)33-23-25-35(26-24-33)48-32-49(55-52(54-48)36-14-4-3-5-15-36)43-22-12-16-34-13-6-7-17-40(34)43/h3-32H,1-2H3. The van der Waals surface area contributed by atoms with Gasteiger partial charge >= 0.3 is 0 Å². The van der Waals surface area contributed by atoms with Crippen molar-refractivity contribution in [3.63, 3.8) is 0 Å². The molecule has 1 aliphatic rings. The second-order valence-corrected chi connectivity index (χ2v) is 15.4. The van der Waals surface area contributed by atoms with E-state index in [2.05, 4.69) is 178 Å². The van der Waals surface area contributed by atoms with Crippen LogP contribution in [0.5, 0.6) is 0 Å². The van der Waals surface area contributed by atoms with Gasteiger partial charge in [-0.05, 0) is 101 Å². The second-order valence-electron chi connectivity index (χ2n) is 15.4. The number of hydrogen-bond donors (Lipinski definition) is 0. The number of nitrogens with zero attached hydrogens (tertiary/aromatic N) is 2. The van der Waals surface area contributed by atoms with Gasteiger partial charge in [-0.2, -0.15) is 0 Å². The van der Waals surface area contributed by atoms with Crippen LogP contribution < -0.4 is 0 Å². The summed E-state index contributed by atoms with van der Waals surface area (Å²) in [5.41, 5.74) is 12.8. The molecule has 0 atom stereocenters. The first-order valence-corrected chi connectivity index (χ1v) is 19.1. The SMILES string of the molecule is CC1(C)c2cc3cc(-c4ccc(-c5cc(-c6cccc7ccccc67)nc(-c6ccccc6)n5)cc4)ccc3cc2-c2c1c1ccccc1c1ccccc21. The van der Waals surface area contributed by atoms with Gasteiger partial charge < -0.3 is 0 Å². The van der Waals surface area contributed by atoms with E-state index >= 15 is 0 Å². The largest absolute Gasteiger partial charge is 0.228 e. The first-order chi connectivity index (χ1) is 27.0. The number of aromatic nitrogens is 2. The fourth-order valence-corrected chi connectivity index (χ4v) is 9.14. The van der Waals surface area contributed by atoms with Gasteiger partial charge in [0, 0.05) is 22.1 Å². The van der Waals surface area contributed by atoms with E-state index in [-0.39, 0.29) is 5.41 Å². The Hall–Kier alpha value is -6.90. The number of benzene rings is 9. The van der Waals surface area contributed by atoms with Crippen LogP contribution in [0.2, 0.25) is 0 Å². The molecule has 0 N–H and O–H groups in total. The van der Waals surface area contributed by atoms with Crippen LogP contribution in [0.1, 0.15) is 25.0 Å². The molecule has 9 aromatic carbocycles. The number of fused-ring (bicyclic) bond motifs is 10. The summed E-state index contributed by atoms with van der Waals surface area (Å²) < 4.78 is 0. The van der Waals surface area contributed by atoms with Gasteiger partial charge in [0.05, 0.1) is 11.4 Å². The van der Waals surface area contributed by atoms with Crippen molar-refractivity contribution in [2.45, 2.75) is 19.3 Å². The number of rotatable bonds is 4. The normalized spacial score (nSPS) is 13.1. The summed E-state index contributed by atoms with van der Waals surface area (Å²) in [6.45, 7) is 4.80. The van der Waals surface area contributed by atoms with Crippen molar-refractivity contribution in [3.8, 4) is 56.2 Å². The zero-order valence-corrected chi connectivity index (χ0v) is 30.7. The van der Waals surface area contributed by atoms with E-state index in [9.17, 15) is 0 Å². The van der Waals surface area contributed by atoms with E-state index in [1.807, 2.05) is 18.2 Å². The molecule has 1 aliphatic carbocycles. The lowest BCUT2D eigenvalue weighted by atomic mass is 9.79. The maximum Gasteiger partial charge on any atom is 0.160 e. The molecule has 1 aromatic heterocycles. The third-order valence-corrected chi connectivity index (χ3v) is 11.8. The molecule has 0 aliphatic heterocycles. The second kappa shape index (κ2) is 12.1. The minimum absolute atomic E-state index is 0.138. The predicted molar refractivity (Wildman–Crippen MR) is 231 cm³/mol. The molecule has 2 heteroatoms. The maximum absolute atomic E-state index is 5.11. The quantitative estimate of drug-likeness (QED) is 0.171. The van der Waals surface area contributed by atoms with Crippen molar-refractivity contribution in [1.29, 1.82) is 0 Å². The molecule has 258 valence electrons. The van der Waals surface area contributed by atoms with Crippen molar-refractivity contribution >= 4 is 43.1 Å². The molecule has 0 bridgehead atoms. The highest BCUT2D eigenvalue weighted by Crippen LogP contribution is 2.55. The molecule has 0 radical (unpaired) electrons. The Labute approximate surface area is 320 Å². The van der Waals surface area contributed by atoms with Crippen LogP contribution in [-0.2, 0) is 5.41 Å². The van der Waals surface area contributed by atoms with Crippen LogP contribution in [0.15, 0.2) is 182 Å². The van der Waals surface area contributed by atoms with Crippen molar-refractivity contribution in [1.82, 2.24) is 9.97 Å². The lowest BCUT2D eigenvalue weighted by Gasteiger charge is -2.24. The fraction of sp³-hybridized carbons (Fsp3) is 0.0566. The van der Waals surface area contributed by atoms with E-state index in [1.165, 1.54) is 76.5 Å². The van der Waals surface area contributed by atoms with E-state index in [0.717, 1.165) is 33.9 Å². The highest BCUT2D eigenvalue weighted by Gasteiger charge is 2.38. The zero-order chi connectivity index (χ0) is 36.7. The van der Waals surface area contributed by atoms with Crippen molar-refractivity contribution < 1.29 is 0 Å². The lowest BCUT2D eigenvalue weighted by molar-refractivity contribution is 0.667. The first kappa shape index (κ1) is 31.6. The van der Waals surface area contributed by atoms with Gasteiger partial charge in [0.1, 0.15) is 0 Å². The van der Waals surface area contributed by atoms with Crippen LogP contribution in [0, 0.1) is 0 Å². The summed E-state index contributed by atoms with van der Waals surface area (Å²) in [6.07, 6.45) is 0. The highest BCUT2D eigenvalue weighted by molar-refractivity contribution is 6.19. The van der Waals surface area contributed by atoms with Crippen molar-refractivity contribution in [2.75, 3.05) is 0 Å². The minimum Gasteiger partial charge on any atom is -0.228 e. The van der Waals surface area contributed by atoms with E-state index in [4.69, 9.17) is 9.97 Å².